The van der Waals surface area contributed by atoms with Crippen LogP contribution in [0.15, 0.2) is 48.5 Å². The normalized spacial score (nSPS) is 11.9. The minimum absolute atomic E-state index is 0.926. The van der Waals surface area contributed by atoms with Crippen molar-refractivity contribution in [1.29, 1.82) is 0 Å². The molecule has 0 aromatic heterocycles. The zero-order valence-corrected chi connectivity index (χ0v) is 13.0. The smallest absolute Gasteiger partial charge is 0.0286 e. The fourth-order valence-corrected chi connectivity index (χ4v) is 3.90. The first kappa shape index (κ1) is 12.2. The molecule has 0 fully saturated rings. The van der Waals surface area contributed by atoms with Crippen molar-refractivity contribution in [2.24, 2.45) is 0 Å². The lowest BCUT2D eigenvalue weighted by Crippen LogP contribution is -1.91. The first-order valence-corrected chi connectivity index (χ1v) is 8.20. The summed E-state index contributed by atoms with van der Waals surface area (Å²) in [6.07, 6.45) is 1.08. The SMILES string of the molecule is CCc1cc2c(cc1CBr)-c1cccc3cccc-2c13. The van der Waals surface area contributed by atoms with Crippen LogP contribution in [0.25, 0.3) is 33.0 Å². The topological polar surface area (TPSA) is 0 Å². The van der Waals surface area contributed by atoms with E-state index in [2.05, 4.69) is 71.4 Å². The average Bonchev–Trinajstić information content (AvgIpc) is 2.82. The van der Waals surface area contributed by atoms with Gasteiger partial charge in [0, 0.05) is 5.33 Å². The van der Waals surface area contributed by atoms with Crippen molar-refractivity contribution in [2.75, 3.05) is 0 Å². The van der Waals surface area contributed by atoms with Crippen molar-refractivity contribution in [3.05, 3.63) is 59.7 Å². The van der Waals surface area contributed by atoms with Crippen LogP contribution in [0.5, 0.6) is 0 Å². The lowest BCUT2D eigenvalue weighted by atomic mass is 9.96. The molecule has 3 aromatic carbocycles. The fourth-order valence-electron chi connectivity index (χ4n) is 3.38. The van der Waals surface area contributed by atoms with E-state index in [1.807, 2.05) is 0 Å². The molecule has 0 amide bonds. The molecule has 1 heteroatoms. The Morgan fingerprint density at radius 1 is 0.800 bits per heavy atom. The Bertz CT molecular complexity index is 765. The number of hydrogen-bond donors (Lipinski definition) is 0. The Labute approximate surface area is 127 Å². The summed E-state index contributed by atoms with van der Waals surface area (Å²) in [4.78, 5) is 0. The Kier molecular flexibility index (Phi) is 2.71. The van der Waals surface area contributed by atoms with Gasteiger partial charge >= 0.3 is 0 Å². The molecular weight excluding hydrogens is 308 g/mol. The maximum atomic E-state index is 3.63. The standard InChI is InChI=1S/C19H15Br/c1-2-12-9-17-15-7-3-5-13-6-4-8-16(19(13)15)18(17)10-14(12)11-20/h3-10H,2,11H2,1H3. The summed E-state index contributed by atoms with van der Waals surface area (Å²) in [5.74, 6) is 0. The molecule has 0 aliphatic heterocycles. The summed E-state index contributed by atoms with van der Waals surface area (Å²) in [5.41, 5.74) is 8.44. The molecule has 98 valence electrons. The molecule has 0 radical (unpaired) electrons. The van der Waals surface area contributed by atoms with E-state index in [0.29, 0.717) is 0 Å². The van der Waals surface area contributed by atoms with Crippen LogP contribution in [0.3, 0.4) is 0 Å². The number of aryl methyl sites for hydroxylation is 1. The summed E-state index contributed by atoms with van der Waals surface area (Å²) >= 11 is 3.63. The van der Waals surface area contributed by atoms with Gasteiger partial charge in [0.2, 0.25) is 0 Å². The van der Waals surface area contributed by atoms with Crippen LogP contribution in [-0.2, 0) is 11.8 Å². The molecule has 4 rings (SSSR count). The van der Waals surface area contributed by atoms with Crippen LogP contribution < -0.4 is 0 Å². The first-order valence-electron chi connectivity index (χ1n) is 7.07. The van der Waals surface area contributed by atoms with Crippen molar-refractivity contribution >= 4 is 26.7 Å². The van der Waals surface area contributed by atoms with E-state index < -0.39 is 0 Å². The van der Waals surface area contributed by atoms with Gasteiger partial charge in [0.25, 0.3) is 0 Å². The van der Waals surface area contributed by atoms with Gasteiger partial charge in [-0.1, -0.05) is 65.3 Å². The average molecular weight is 323 g/mol. The summed E-state index contributed by atoms with van der Waals surface area (Å²) < 4.78 is 0. The number of alkyl halides is 1. The van der Waals surface area contributed by atoms with Gasteiger partial charge in [-0.3, -0.25) is 0 Å². The number of fused-ring (bicyclic) bond motifs is 3. The van der Waals surface area contributed by atoms with Crippen molar-refractivity contribution in [3.8, 4) is 22.3 Å². The van der Waals surface area contributed by atoms with Crippen LogP contribution in [0.4, 0.5) is 0 Å². The lowest BCUT2D eigenvalue weighted by molar-refractivity contribution is 1.11. The molecular formula is C19H15Br. The molecule has 0 bridgehead atoms. The van der Waals surface area contributed by atoms with Gasteiger partial charge < -0.3 is 0 Å². The molecule has 1 aliphatic rings. The molecule has 0 saturated carbocycles. The number of benzene rings is 3. The second-order valence-corrected chi connectivity index (χ2v) is 5.92. The van der Waals surface area contributed by atoms with Crippen molar-refractivity contribution < 1.29 is 0 Å². The Morgan fingerprint density at radius 2 is 1.40 bits per heavy atom. The highest BCUT2D eigenvalue weighted by Crippen LogP contribution is 2.48. The number of halogens is 1. The third kappa shape index (κ3) is 1.53. The van der Waals surface area contributed by atoms with E-state index in [4.69, 9.17) is 0 Å². The molecule has 0 nitrogen and oxygen atoms in total. The van der Waals surface area contributed by atoms with Crippen LogP contribution in [0.2, 0.25) is 0 Å². The van der Waals surface area contributed by atoms with Crippen molar-refractivity contribution in [2.45, 2.75) is 18.7 Å². The van der Waals surface area contributed by atoms with Gasteiger partial charge in [-0.2, -0.15) is 0 Å². The van der Waals surface area contributed by atoms with Gasteiger partial charge in [0.1, 0.15) is 0 Å². The van der Waals surface area contributed by atoms with Gasteiger partial charge in [0.05, 0.1) is 0 Å². The zero-order valence-electron chi connectivity index (χ0n) is 11.4. The molecule has 0 spiro atoms. The molecule has 0 saturated heterocycles. The maximum Gasteiger partial charge on any atom is 0.0286 e. The van der Waals surface area contributed by atoms with E-state index in [1.54, 1.807) is 0 Å². The number of rotatable bonds is 2. The van der Waals surface area contributed by atoms with Gasteiger partial charge in [0.15, 0.2) is 0 Å². The Balaban J connectivity index is 2.13. The fraction of sp³-hybridized carbons (Fsp3) is 0.158. The Morgan fingerprint density at radius 3 is 1.95 bits per heavy atom. The maximum absolute atomic E-state index is 3.63. The van der Waals surface area contributed by atoms with E-state index in [9.17, 15) is 0 Å². The molecule has 3 aromatic rings. The van der Waals surface area contributed by atoms with E-state index in [0.717, 1.165) is 11.8 Å². The summed E-state index contributed by atoms with van der Waals surface area (Å²) in [7, 11) is 0. The Hall–Kier alpha value is -1.60. The lowest BCUT2D eigenvalue weighted by Gasteiger charge is -2.10. The predicted octanol–water partition coefficient (Wildman–Crippen LogP) is 5.94. The first-order chi connectivity index (χ1) is 9.83. The largest absolute Gasteiger partial charge is 0.0876 e. The van der Waals surface area contributed by atoms with Gasteiger partial charge in [-0.25, -0.2) is 0 Å². The highest BCUT2D eigenvalue weighted by atomic mass is 79.9. The van der Waals surface area contributed by atoms with Gasteiger partial charge in [-0.15, -0.1) is 0 Å². The van der Waals surface area contributed by atoms with E-state index in [-0.39, 0.29) is 0 Å². The molecule has 0 atom stereocenters. The highest BCUT2D eigenvalue weighted by Gasteiger charge is 2.22. The number of hydrogen-bond acceptors (Lipinski definition) is 0. The summed E-state index contributed by atoms with van der Waals surface area (Å²) in [6.45, 7) is 2.23. The van der Waals surface area contributed by atoms with Crippen molar-refractivity contribution in [3.63, 3.8) is 0 Å². The minimum Gasteiger partial charge on any atom is -0.0876 e. The van der Waals surface area contributed by atoms with E-state index in [1.165, 1.54) is 44.2 Å². The predicted molar refractivity (Wildman–Crippen MR) is 90.4 cm³/mol. The molecule has 0 N–H and O–H groups in total. The van der Waals surface area contributed by atoms with Crippen LogP contribution >= 0.6 is 15.9 Å². The van der Waals surface area contributed by atoms with E-state index >= 15 is 0 Å². The second kappa shape index (κ2) is 4.46. The highest BCUT2D eigenvalue weighted by molar-refractivity contribution is 9.08. The monoisotopic (exact) mass is 322 g/mol. The molecule has 0 unspecified atom stereocenters. The van der Waals surface area contributed by atoms with Crippen LogP contribution in [0, 0.1) is 0 Å². The quantitative estimate of drug-likeness (QED) is 0.400. The van der Waals surface area contributed by atoms with Crippen LogP contribution in [0.1, 0.15) is 18.1 Å². The van der Waals surface area contributed by atoms with Gasteiger partial charge in [-0.05, 0) is 56.6 Å². The third-order valence-corrected chi connectivity index (χ3v) is 4.95. The van der Waals surface area contributed by atoms with Crippen LogP contribution in [-0.4, -0.2) is 0 Å². The zero-order chi connectivity index (χ0) is 13.7. The summed E-state index contributed by atoms with van der Waals surface area (Å²) in [5, 5.41) is 3.68. The molecule has 20 heavy (non-hydrogen) atoms. The van der Waals surface area contributed by atoms with Crippen molar-refractivity contribution in [1.82, 2.24) is 0 Å². The molecule has 1 aliphatic carbocycles. The summed E-state index contributed by atoms with van der Waals surface area (Å²) in [6, 6.07) is 18.0. The third-order valence-electron chi connectivity index (χ3n) is 4.35. The minimum atomic E-state index is 0.926. The second-order valence-electron chi connectivity index (χ2n) is 5.36. The molecule has 0 heterocycles.